The highest BCUT2D eigenvalue weighted by Crippen LogP contribution is 2.17. The molecule has 0 spiro atoms. The second kappa shape index (κ2) is 9.39. The summed E-state index contributed by atoms with van der Waals surface area (Å²) in [5, 5.41) is 12.8. The second-order valence-corrected chi connectivity index (χ2v) is 5.17. The largest absolute Gasteiger partial charge is 0.464 e. The lowest BCUT2D eigenvalue weighted by Gasteiger charge is -2.22. The maximum atomic E-state index is 12.1. The van der Waals surface area contributed by atoms with E-state index in [2.05, 4.69) is 10.3 Å². The molecular formula is C18H20N2O5. The summed E-state index contributed by atoms with van der Waals surface area (Å²) in [6.07, 6.45) is 0.812. The molecule has 0 bridgehead atoms. The minimum Gasteiger partial charge on any atom is -0.464 e. The Labute approximate surface area is 145 Å². The van der Waals surface area contributed by atoms with Crippen LogP contribution in [-0.2, 0) is 20.9 Å². The maximum Gasteiger partial charge on any atom is 0.408 e. The quantitative estimate of drug-likeness (QED) is 0.745. The zero-order valence-corrected chi connectivity index (χ0v) is 13.8. The molecule has 0 radical (unpaired) electrons. The molecular weight excluding hydrogens is 324 g/mol. The topological polar surface area (TPSA) is 97.8 Å². The van der Waals surface area contributed by atoms with Crippen molar-refractivity contribution in [2.75, 3.05) is 6.61 Å². The third-order valence-electron chi connectivity index (χ3n) is 3.37. The zero-order chi connectivity index (χ0) is 18.1. The molecule has 0 aliphatic carbocycles. The van der Waals surface area contributed by atoms with Crippen molar-refractivity contribution in [2.24, 2.45) is 0 Å². The summed E-state index contributed by atoms with van der Waals surface area (Å²) < 4.78 is 10.0. The van der Waals surface area contributed by atoms with Crippen LogP contribution in [-0.4, -0.2) is 34.8 Å². The average Bonchev–Trinajstić information content (AvgIpc) is 2.65. The van der Waals surface area contributed by atoms with Gasteiger partial charge >= 0.3 is 12.1 Å². The van der Waals surface area contributed by atoms with Crippen molar-refractivity contribution in [1.82, 2.24) is 10.3 Å². The number of rotatable bonds is 7. The summed E-state index contributed by atoms with van der Waals surface area (Å²) in [6, 6.07) is 11.0. The summed E-state index contributed by atoms with van der Waals surface area (Å²) in [5.74, 6) is -0.754. The van der Waals surface area contributed by atoms with Gasteiger partial charge < -0.3 is 19.9 Å². The fraction of sp³-hybridized carbons (Fsp3) is 0.278. The van der Waals surface area contributed by atoms with E-state index >= 15 is 0 Å². The highest BCUT2D eigenvalue weighted by molar-refractivity contribution is 5.82. The third kappa shape index (κ3) is 5.58. The average molecular weight is 344 g/mol. The van der Waals surface area contributed by atoms with Gasteiger partial charge in [-0.1, -0.05) is 36.4 Å². The number of carbonyl (C=O) groups excluding carboxylic acids is 2. The molecule has 1 amide bonds. The van der Waals surface area contributed by atoms with Gasteiger partial charge in [-0.15, -0.1) is 0 Å². The first-order valence-electron chi connectivity index (χ1n) is 7.83. The predicted molar refractivity (Wildman–Crippen MR) is 89.4 cm³/mol. The lowest BCUT2D eigenvalue weighted by atomic mass is 10.0. The Morgan fingerprint density at radius 2 is 1.92 bits per heavy atom. The lowest BCUT2D eigenvalue weighted by Crippen LogP contribution is -2.46. The van der Waals surface area contributed by atoms with Crippen LogP contribution in [0.1, 0.15) is 24.2 Å². The van der Waals surface area contributed by atoms with Crippen LogP contribution in [0, 0.1) is 0 Å². The smallest absolute Gasteiger partial charge is 0.408 e. The van der Waals surface area contributed by atoms with Gasteiger partial charge in [0.1, 0.15) is 12.7 Å². The summed E-state index contributed by atoms with van der Waals surface area (Å²) in [7, 11) is 0. The summed E-state index contributed by atoms with van der Waals surface area (Å²) in [5.41, 5.74) is 1.18. The molecule has 2 atom stereocenters. The van der Waals surface area contributed by atoms with Crippen LogP contribution in [0.15, 0.2) is 54.9 Å². The highest BCUT2D eigenvalue weighted by Gasteiger charge is 2.31. The number of alkyl carbamates (subject to hydrolysis) is 1. The van der Waals surface area contributed by atoms with E-state index in [1.54, 1.807) is 31.2 Å². The maximum absolute atomic E-state index is 12.1. The number of nitrogens with zero attached hydrogens (tertiary/aromatic N) is 1. The number of aliphatic hydroxyl groups is 1. The first kappa shape index (κ1) is 18.4. The van der Waals surface area contributed by atoms with Gasteiger partial charge in [-0.2, -0.15) is 0 Å². The van der Waals surface area contributed by atoms with Crippen molar-refractivity contribution in [3.8, 4) is 0 Å². The van der Waals surface area contributed by atoms with Gasteiger partial charge in [-0.3, -0.25) is 4.98 Å². The Morgan fingerprint density at radius 1 is 1.16 bits per heavy atom. The van der Waals surface area contributed by atoms with Gasteiger partial charge in [0.05, 0.1) is 6.61 Å². The number of pyridine rings is 1. The number of aromatic nitrogens is 1. The Kier molecular flexibility index (Phi) is 6.91. The molecule has 0 saturated carbocycles. The van der Waals surface area contributed by atoms with E-state index in [0.29, 0.717) is 5.56 Å². The number of hydrogen-bond acceptors (Lipinski definition) is 6. The number of aliphatic hydroxyl groups excluding tert-OH is 1. The van der Waals surface area contributed by atoms with Crippen LogP contribution >= 0.6 is 0 Å². The predicted octanol–water partition coefficient (Wildman–Crippen LogP) is 1.97. The normalized spacial score (nSPS) is 12.7. The molecule has 132 valence electrons. The van der Waals surface area contributed by atoms with Crippen molar-refractivity contribution in [1.29, 1.82) is 0 Å². The zero-order valence-electron chi connectivity index (χ0n) is 13.8. The molecule has 0 saturated heterocycles. The Balaban J connectivity index is 2.02. The number of nitrogens with one attached hydrogen (secondary N) is 1. The van der Waals surface area contributed by atoms with Gasteiger partial charge in [0.15, 0.2) is 6.04 Å². The van der Waals surface area contributed by atoms with Crippen LogP contribution < -0.4 is 5.32 Å². The van der Waals surface area contributed by atoms with E-state index < -0.39 is 24.2 Å². The van der Waals surface area contributed by atoms with Crippen molar-refractivity contribution >= 4 is 12.1 Å². The highest BCUT2D eigenvalue weighted by atomic mass is 16.6. The van der Waals surface area contributed by atoms with Crippen molar-refractivity contribution in [2.45, 2.75) is 25.7 Å². The first-order chi connectivity index (χ1) is 12.1. The summed E-state index contributed by atoms with van der Waals surface area (Å²) >= 11 is 0. The Morgan fingerprint density at radius 3 is 2.56 bits per heavy atom. The van der Waals surface area contributed by atoms with E-state index in [4.69, 9.17) is 9.47 Å². The van der Waals surface area contributed by atoms with E-state index in [0.717, 1.165) is 5.56 Å². The molecule has 2 aromatic rings. The van der Waals surface area contributed by atoms with Crippen molar-refractivity contribution in [3.05, 3.63) is 66.0 Å². The van der Waals surface area contributed by atoms with Crippen LogP contribution in [0.3, 0.4) is 0 Å². The monoisotopic (exact) mass is 344 g/mol. The molecule has 7 nitrogen and oxygen atoms in total. The Hall–Kier alpha value is -2.93. The molecule has 2 unspecified atom stereocenters. The van der Waals surface area contributed by atoms with Gasteiger partial charge in [0.2, 0.25) is 0 Å². The third-order valence-corrected chi connectivity index (χ3v) is 3.37. The van der Waals surface area contributed by atoms with Gasteiger partial charge in [-0.05, 0) is 18.6 Å². The molecule has 0 fully saturated rings. The second-order valence-electron chi connectivity index (χ2n) is 5.17. The minimum atomic E-state index is -1.31. The number of carbonyl (C=O) groups is 2. The van der Waals surface area contributed by atoms with Gasteiger partial charge in [0.25, 0.3) is 0 Å². The Bertz CT molecular complexity index is 678. The number of hydrogen-bond donors (Lipinski definition) is 2. The van der Waals surface area contributed by atoms with E-state index in [-0.39, 0.29) is 13.2 Å². The number of benzene rings is 1. The number of ether oxygens (including phenoxy) is 2. The lowest BCUT2D eigenvalue weighted by molar-refractivity contribution is -0.148. The van der Waals surface area contributed by atoms with Gasteiger partial charge in [-0.25, -0.2) is 9.59 Å². The van der Waals surface area contributed by atoms with Crippen LogP contribution in [0.4, 0.5) is 4.79 Å². The molecule has 0 aliphatic rings. The molecule has 1 heterocycles. The van der Waals surface area contributed by atoms with Crippen LogP contribution in [0.2, 0.25) is 0 Å². The van der Waals surface area contributed by atoms with E-state index in [1.165, 1.54) is 12.4 Å². The standard InChI is InChI=1S/C18H20N2O5/c1-2-24-17(22)15(16(21)14-9-6-10-19-11-14)20-18(23)25-12-13-7-4-3-5-8-13/h3-11,15-16,21H,2,12H2,1H3,(H,20,23). The number of esters is 1. The SMILES string of the molecule is CCOC(=O)C(NC(=O)OCc1ccccc1)C(O)c1cccnc1. The summed E-state index contributed by atoms with van der Waals surface area (Å²) in [4.78, 5) is 28.0. The van der Waals surface area contributed by atoms with Crippen molar-refractivity contribution < 1.29 is 24.2 Å². The van der Waals surface area contributed by atoms with Crippen LogP contribution in [0.25, 0.3) is 0 Å². The molecule has 25 heavy (non-hydrogen) atoms. The first-order valence-corrected chi connectivity index (χ1v) is 7.83. The van der Waals surface area contributed by atoms with Crippen molar-refractivity contribution in [3.63, 3.8) is 0 Å². The molecule has 2 N–H and O–H groups in total. The molecule has 2 rings (SSSR count). The fourth-order valence-electron chi connectivity index (χ4n) is 2.13. The van der Waals surface area contributed by atoms with E-state index in [9.17, 15) is 14.7 Å². The fourth-order valence-corrected chi connectivity index (χ4v) is 2.13. The van der Waals surface area contributed by atoms with Gasteiger partial charge in [0, 0.05) is 18.0 Å². The molecule has 1 aromatic heterocycles. The van der Waals surface area contributed by atoms with E-state index in [1.807, 2.05) is 18.2 Å². The number of amides is 1. The minimum absolute atomic E-state index is 0.0468. The van der Waals surface area contributed by atoms with Crippen LogP contribution in [0.5, 0.6) is 0 Å². The summed E-state index contributed by atoms with van der Waals surface area (Å²) in [6.45, 7) is 1.81. The molecule has 0 aliphatic heterocycles. The molecule has 1 aromatic carbocycles. The molecule has 7 heteroatoms.